The average Bonchev–Trinajstić information content (AvgIpc) is 2.40. The maximum Gasteiger partial charge on any atom is 0.264 e. The van der Waals surface area contributed by atoms with Gasteiger partial charge in [0, 0.05) is 6.20 Å². The third-order valence-corrected chi connectivity index (χ3v) is 4.24. The van der Waals surface area contributed by atoms with Gasteiger partial charge >= 0.3 is 0 Å². The van der Waals surface area contributed by atoms with Gasteiger partial charge in [-0.05, 0) is 30.3 Å². The van der Waals surface area contributed by atoms with Gasteiger partial charge in [0.1, 0.15) is 4.90 Å². The van der Waals surface area contributed by atoms with Crippen molar-refractivity contribution in [2.75, 3.05) is 10.5 Å². The summed E-state index contributed by atoms with van der Waals surface area (Å²) in [6.45, 7) is 0. The molecule has 0 aliphatic carbocycles. The number of rotatable bonds is 3. The van der Waals surface area contributed by atoms with E-state index < -0.39 is 10.0 Å². The Balaban J connectivity index is 2.42. The first kappa shape index (κ1) is 14.1. The highest BCUT2D eigenvalue weighted by atomic mass is 35.5. The van der Waals surface area contributed by atoms with Gasteiger partial charge in [0.25, 0.3) is 10.0 Å². The number of aromatic nitrogens is 1. The highest BCUT2D eigenvalue weighted by Crippen LogP contribution is 2.25. The first-order chi connectivity index (χ1) is 9.44. The molecule has 0 saturated heterocycles. The van der Waals surface area contributed by atoms with E-state index in [0.29, 0.717) is 0 Å². The molecule has 0 radical (unpaired) electrons. The van der Waals surface area contributed by atoms with Crippen molar-refractivity contribution >= 4 is 33.1 Å². The van der Waals surface area contributed by atoms with Crippen LogP contribution >= 0.6 is 11.6 Å². The summed E-state index contributed by atoms with van der Waals surface area (Å²) in [4.78, 5) is 3.69. The number of anilines is 2. The number of halogens is 1. The molecule has 0 amide bonds. The second kappa shape index (κ2) is 5.36. The summed E-state index contributed by atoms with van der Waals surface area (Å²) in [5.74, 6) is 0.0212. The van der Waals surface area contributed by atoms with Crippen LogP contribution in [-0.2, 0) is 10.0 Å². The van der Waals surface area contributed by atoms with Crippen LogP contribution in [0.15, 0.2) is 41.4 Å². The lowest BCUT2D eigenvalue weighted by Gasteiger charge is -2.10. The topological polar surface area (TPSA) is 109 Å². The average molecular weight is 309 g/mol. The highest BCUT2D eigenvalue weighted by Gasteiger charge is 2.19. The number of nitrogen functional groups attached to an aromatic ring is 1. The van der Waals surface area contributed by atoms with E-state index in [1.165, 1.54) is 30.5 Å². The number of nitrogens with two attached hydrogens (primary N) is 1. The first-order valence-corrected chi connectivity index (χ1v) is 7.23. The zero-order valence-electron chi connectivity index (χ0n) is 10.0. The number of benzene rings is 1. The van der Waals surface area contributed by atoms with E-state index >= 15 is 0 Å². The molecular formula is C12H9ClN4O2S. The lowest BCUT2D eigenvalue weighted by molar-refractivity contribution is 0.601. The number of nitrogens with one attached hydrogen (secondary N) is 1. The van der Waals surface area contributed by atoms with Crippen LogP contribution in [0.1, 0.15) is 5.56 Å². The van der Waals surface area contributed by atoms with Gasteiger partial charge in [-0.1, -0.05) is 11.6 Å². The quantitative estimate of drug-likeness (QED) is 0.901. The third-order valence-electron chi connectivity index (χ3n) is 2.42. The summed E-state index contributed by atoms with van der Waals surface area (Å²) in [5.41, 5.74) is 6.09. The summed E-state index contributed by atoms with van der Waals surface area (Å²) < 4.78 is 26.7. The molecule has 0 aliphatic heterocycles. The summed E-state index contributed by atoms with van der Waals surface area (Å²) in [5, 5.41) is 8.68. The van der Waals surface area contributed by atoms with Gasteiger partial charge in [-0.25, -0.2) is 13.4 Å². The zero-order valence-corrected chi connectivity index (χ0v) is 11.6. The molecule has 0 bridgehead atoms. The molecule has 102 valence electrons. The summed E-state index contributed by atoms with van der Waals surface area (Å²) >= 11 is 5.88. The van der Waals surface area contributed by atoms with Crippen molar-refractivity contribution in [2.24, 2.45) is 0 Å². The van der Waals surface area contributed by atoms with Gasteiger partial charge in [0.2, 0.25) is 0 Å². The molecule has 1 heterocycles. The molecule has 0 spiro atoms. The minimum absolute atomic E-state index is 0.0212. The van der Waals surface area contributed by atoms with Crippen molar-refractivity contribution in [3.8, 4) is 6.07 Å². The molecule has 3 N–H and O–H groups in total. The molecule has 0 saturated carbocycles. The molecule has 0 aliphatic rings. The van der Waals surface area contributed by atoms with E-state index in [2.05, 4.69) is 9.71 Å². The Morgan fingerprint density at radius 1 is 1.35 bits per heavy atom. The number of hydrogen-bond acceptors (Lipinski definition) is 5. The largest absolute Gasteiger partial charge is 0.396 e. The number of hydrogen-bond donors (Lipinski definition) is 2. The molecule has 6 nitrogen and oxygen atoms in total. The fourth-order valence-corrected chi connectivity index (χ4v) is 3.06. The number of sulfonamides is 1. The molecule has 20 heavy (non-hydrogen) atoms. The molecule has 0 atom stereocenters. The van der Waals surface area contributed by atoms with Crippen LogP contribution in [-0.4, -0.2) is 13.4 Å². The predicted molar refractivity (Wildman–Crippen MR) is 75.6 cm³/mol. The third kappa shape index (κ3) is 2.82. The Hall–Kier alpha value is -2.30. The number of pyridine rings is 1. The van der Waals surface area contributed by atoms with Crippen molar-refractivity contribution in [2.45, 2.75) is 4.90 Å². The summed E-state index contributed by atoms with van der Waals surface area (Å²) in [6.07, 6.45) is 1.41. The van der Waals surface area contributed by atoms with Crippen LogP contribution < -0.4 is 10.5 Å². The lowest BCUT2D eigenvalue weighted by Crippen LogP contribution is -2.15. The van der Waals surface area contributed by atoms with Crippen LogP contribution in [0.4, 0.5) is 11.5 Å². The Morgan fingerprint density at radius 2 is 2.10 bits per heavy atom. The van der Waals surface area contributed by atoms with Crippen LogP contribution in [0.2, 0.25) is 5.02 Å². The van der Waals surface area contributed by atoms with E-state index in [-0.39, 0.29) is 27.0 Å². The monoisotopic (exact) mass is 308 g/mol. The Morgan fingerprint density at radius 3 is 2.70 bits per heavy atom. The van der Waals surface area contributed by atoms with E-state index in [9.17, 15) is 8.42 Å². The second-order valence-electron chi connectivity index (χ2n) is 3.80. The van der Waals surface area contributed by atoms with Crippen LogP contribution in [0.3, 0.4) is 0 Å². The van der Waals surface area contributed by atoms with Gasteiger partial charge in [-0.15, -0.1) is 0 Å². The Labute approximate surface area is 120 Å². The van der Waals surface area contributed by atoms with Crippen LogP contribution in [0.25, 0.3) is 0 Å². The van der Waals surface area contributed by atoms with Crippen molar-refractivity contribution in [3.63, 3.8) is 0 Å². The van der Waals surface area contributed by atoms with Gasteiger partial charge in [-0.3, -0.25) is 4.72 Å². The summed E-state index contributed by atoms with van der Waals surface area (Å²) in [6, 6.07) is 8.87. The minimum atomic E-state index is -3.93. The van der Waals surface area contributed by atoms with Gasteiger partial charge in [0.15, 0.2) is 5.82 Å². The molecule has 2 aromatic rings. The maximum atomic E-state index is 12.2. The van der Waals surface area contributed by atoms with Crippen molar-refractivity contribution < 1.29 is 8.42 Å². The van der Waals surface area contributed by atoms with E-state index in [1.807, 2.05) is 6.07 Å². The first-order valence-electron chi connectivity index (χ1n) is 5.37. The zero-order chi connectivity index (χ0) is 14.8. The minimum Gasteiger partial charge on any atom is -0.396 e. The molecule has 1 aromatic heterocycles. The maximum absolute atomic E-state index is 12.2. The van der Waals surface area contributed by atoms with E-state index in [1.54, 1.807) is 6.07 Å². The molecule has 8 heteroatoms. The summed E-state index contributed by atoms with van der Waals surface area (Å²) in [7, 11) is -3.93. The predicted octanol–water partition coefficient (Wildman–Crippen LogP) is 1.99. The van der Waals surface area contributed by atoms with Crippen molar-refractivity contribution in [3.05, 3.63) is 47.1 Å². The SMILES string of the molecule is N#Cc1ccc(S(=O)(=O)Nc2ncccc2N)c(Cl)c1. The molecular weight excluding hydrogens is 300 g/mol. The standard InChI is InChI=1S/C12H9ClN4O2S/c13-9-6-8(7-14)3-4-11(9)20(18,19)17-12-10(15)2-1-5-16-12/h1-6H,15H2,(H,16,17). The molecule has 2 rings (SSSR count). The van der Waals surface area contributed by atoms with E-state index in [0.717, 1.165) is 0 Å². The van der Waals surface area contributed by atoms with Crippen LogP contribution in [0, 0.1) is 11.3 Å². The number of nitrogens with zero attached hydrogens (tertiary/aromatic N) is 2. The normalized spacial score (nSPS) is 10.8. The highest BCUT2D eigenvalue weighted by molar-refractivity contribution is 7.92. The second-order valence-corrected chi connectivity index (χ2v) is 5.86. The van der Waals surface area contributed by atoms with Gasteiger partial charge in [0.05, 0.1) is 22.3 Å². The molecule has 0 fully saturated rings. The molecule has 1 aromatic carbocycles. The fourth-order valence-electron chi connectivity index (χ4n) is 1.47. The smallest absolute Gasteiger partial charge is 0.264 e. The lowest BCUT2D eigenvalue weighted by atomic mass is 10.2. The van der Waals surface area contributed by atoms with Crippen LogP contribution in [0.5, 0.6) is 0 Å². The van der Waals surface area contributed by atoms with Gasteiger partial charge in [-0.2, -0.15) is 5.26 Å². The molecule has 0 unspecified atom stereocenters. The number of nitriles is 1. The fraction of sp³-hybridized carbons (Fsp3) is 0. The Kier molecular flexibility index (Phi) is 3.79. The Bertz CT molecular complexity index is 799. The van der Waals surface area contributed by atoms with E-state index in [4.69, 9.17) is 22.6 Å². The van der Waals surface area contributed by atoms with Crippen molar-refractivity contribution in [1.82, 2.24) is 4.98 Å². The van der Waals surface area contributed by atoms with Gasteiger partial charge < -0.3 is 5.73 Å². The van der Waals surface area contributed by atoms with Crippen molar-refractivity contribution in [1.29, 1.82) is 5.26 Å².